The molecule has 8 atom stereocenters. The molecule has 0 aliphatic carbocycles. The molecule has 0 saturated heterocycles. The van der Waals surface area contributed by atoms with Crippen molar-refractivity contribution in [3.05, 3.63) is 0 Å². The molecule has 0 spiro atoms. The lowest BCUT2D eigenvalue weighted by atomic mass is 10.0. The standard InChI is InChI=1S/C33H64N8O11/c1-20(42)25(43)26(44)27(45)28(46)32(50)38-19-11-7-15-24(33(51)52-3)41-31(49)23(14-5-9-17-35)40-30(48)22(13-4-8-16-34)39-29(47)21(36)12-6-10-18-37-2/h21-28,37,43-46H,4-19,34-36H2,1-3H3,(H,38,50)(H,39,47)(H,40,48)(H,41,49)/t21-,22-,23-,24-,25?,26?,27?,28?/m0/s1. The molecule has 19 nitrogen and oxygen atoms in total. The zero-order valence-electron chi connectivity index (χ0n) is 30.8. The number of carbonyl (C=O) groups excluding carboxylic acids is 6. The number of esters is 1. The van der Waals surface area contributed by atoms with Crippen LogP contribution in [0.1, 0.15) is 84.0 Å². The summed E-state index contributed by atoms with van der Waals surface area (Å²) in [6, 6.07) is -4.02. The second-order valence-corrected chi connectivity index (χ2v) is 12.7. The van der Waals surface area contributed by atoms with E-state index in [2.05, 4.69) is 26.6 Å². The van der Waals surface area contributed by atoms with E-state index in [9.17, 15) is 49.2 Å². The van der Waals surface area contributed by atoms with Crippen molar-refractivity contribution < 1.29 is 53.9 Å². The highest BCUT2D eigenvalue weighted by Crippen LogP contribution is 2.10. The molecule has 302 valence electrons. The van der Waals surface area contributed by atoms with Crippen LogP contribution in [-0.2, 0) is 33.5 Å². The normalized spacial score (nSPS) is 15.9. The molecule has 15 N–H and O–H groups in total. The van der Waals surface area contributed by atoms with Crippen molar-refractivity contribution in [3.8, 4) is 0 Å². The number of unbranched alkanes of at least 4 members (excludes halogenated alkanes) is 4. The Labute approximate surface area is 305 Å². The third-order valence-corrected chi connectivity index (χ3v) is 8.39. The number of rotatable bonds is 30. The molecule has 52 heavy (non-hydrogen) atoms. The van der Waals surface area contributed by atoms with Crippen LogP contribution in [0.15, 0.2) is 0 Å². The number of hydrogen-bond acceptors (Lipinski definition) is 15. The van der Waals surface area contributed by atoms with Crippen molar-refractivity contribution in [2.75, 3.05) is 40.3 Å². The van der Waals surface area contributed by atoms with Gasteiger partial charge in [-0.25, -0.2) is 4.79 Å². The van der Waals surface area contributed by atoms with Crippen molar-refractivity contribution in [2.45, 2.75) is 133 Å². The molecule has 19 heteroatoms. The first-order valence-corrected chi connectivity index (χ1v) is 18.0. The predicted molar refractivity (Wildman–Crippen MR) is 191 cm³/mol. The Morgan fingerprint density at radius 2 is 1.04 bits per heavy atom. The van der Waals surface area contributed by atoms with E-state index in [0.29, 0.717) is 51.6 Å². The molecule has 0 rings (SSSR count). The number of amides is 4. The Hall–Kier alpha value is -3.30. The fraction of sp³-hybridized carbons (Fsp3) is 0.818. The second-order valence-electron chi connectivity index (χ2n) is 12.7. The summed E-state index contributed by atoms with van der Waals surface area (Å²) >= 11 is 0. The van der Waals surface area contributed by atoms with Gasteiger partial charge in [0.15, 0.2) is 11.9 Å². The fourth-order valence-electron chi connectivity index (χ4n) is 5.09. The number of aliphatic hydroxyl groups is 4. The molecule has 4 amide bonds. The Morgan fingerprint density at radius 1 is 0.596 bits per heavy atom. The highest BCUT2D eigenvalue weighted by Gasteiger charge is 2.36. The zero-order valence-corrected chi connectivity index (χ0v) is 30.8. The van der Waals surface area contributed by atoms with Crippen molar-refractivity contribution in [3.63, 3.8) is 0 Å². The molecule has 0 aliphatic heterocycles. The van der Waals surface area contributed by atoms with Gasteiger partial charge in [0.05, 0.1) is 13.2 Å². The van der Waals surface area contributed by atoms with Gasteiger partial charge >= 0.3 is 5.97 Å². The van der Waals surface area contributed by atoms with Gasteiger partial charge in [0.25, 0.3) is 5.91 Å². The van der Waals surface area contributed by atoms with Crippen molar-refractivity contribution in [1.82, 2.24) is 26.6 Å². The first kappa shape index (κ1) is 48.7. The van der Waals surface area contributed by atoms with Crippen molar-refractivity contribution >= 4 is 35.4 Å². The number of methoxy groups -OCH3 is 1. The number of carbonyl (C=O) groups is 6. The Bertz CT molecular complexity index is 1090. The monoisotopic (exact) mass is 748 g/mol. The lowest BCUT2D eigenvalue weighted by Crippen LogP contribution is -2.57. The van der Waals surface area contributed by atoms with Gasteiger partial charge in [-0.15, -0.1) is 0 Å². The minimum Gasteiger partial charge on any atom is -0.467 e. The summed E-state index contributed by atoms with van der Waals surface area (Å²) in [4.78, 5) is 75.9. The van der Waals surface area contributed by atoms with Gasteiger partial charge in [-0.3, -0.25) is 24.0 Å². The van der Waals surface area contributed by atoms with Gasteiger partial charge < -0.3 is 68.9 Å². The molecule has 0 aliphatic rings. The third-order valence-electron chi connectivity index (χ3n) is 8.39. The van der Waals surface area contributed by atoms with Crippen LogP contribution in [0.5, 0.6) is 0 Å². The summed E-state index contributed by atoms with van der Waals surface area (Å²) in [6.45, 7) is 2.45. The van der Waals surface area contributed by atoms with Gasteiger partial charge in [-0.1, -0.05) is 6.42 Å². The largest absolute Gasteiger partial charge is 0.467 e. The Kier molecular flexibility index (Phi) is 26.4. The molecule has 0 aromatic rings. The molecule has 0 radical (unpaired) electrons. The van der Waals surface area contributed by atoms with Gasteiger partial charge in [0, 0.05) is 6.54 Å². The predicted octanol–water partition coefficient (Wildman–Crippen LogP) is -4.09. The summed E-state index contributed by atoms with van der Waals surface area (Å²) in [5, 5.41) is 52.8. The Morgan fingerprint density at radius 3 is 1.54 bits per heavy atom. The van der Waals surface area contributed by atoms with Gasteiger partial charge in [-0.05, 0) is 104 Å². The highest BCUT2D eigenvalue weighted by atomic mass is 16.5. The number of aliphatic hydroxyl groups excluding tert-OH is 4. The maximum absolute atomic E-state index is 13.5. The quantitative estimate of drug-likeness (QED) is 0.0245. The van der Waals surface area contributed by atoms with E-state index in [0.717, 1.165) is 27.0 Å². The molecular formula is C33H64N8O11. The van der Waals surface area contributed by atoms with E-state index >= 15 is 0 Å². The molecule has 0 bridgehead atoms. The minimum atomic E-state index is -2.14. The second kappa shape index (κ2) is 28.2. The summed E-state index contributed by atoms with van der Waals surface area (Å²) < 4.78 is 4.86. The summed E-state index contributed by atoms with van der Waals surface area (Å²) in [6.07, 6.45) is -3.18. The third kappa shape index (κ3) is 19.5. The molecule has 0 heterocycles. The van der Waals surface area contributed by atoms with Crippen LogP contribution in [0.3, 0.4) is 0 Å². The number of nitrogens with two attached hydrogens (primary N) is 3. The maximum atomic E-state index is 13.5. The lowest BCUT2D eigenvalue weighted by Gasteiger charge is -2.26. The van der Waals surface area contributed by atoms with Crippen LogP contribution >= 0.6 is 0 Å². The smallest absolute Gasteiger partial charge is 0.328 e. The molecular weight excluding hydrogens is 684 g/mol. The molecule has 0 aromatic heterocycles. The van der Waals surface area contributed by atoms with Gasteiger partial charge in [0.2, 0.25) is 17.7 Å². The number of nitrogens with one attached hydrogen (secondary N) is 5. The summed E-state index contributed by atoms with van der Waals surface area (Å²) in [5.74, 6) is -4.43. The zero-order chi connectivity index (χ0) is 39.6. The van der Waals surface area contributed by atoms with Crippen LogP contribution in [0.25, 0.3) is 0 Å². The average molecular weight is 749 g/mol. The van der Waals surface area contributed by atoms with E-state index in [-0.39, 0.29) is 38.6 Å². The van der Waals surface area contributed by atoms with E-state index in [1.807, 2.05) is 7.05 Å². The summed E-state index contributed by atoms with van der Waals surface area (Å²) in [5.41, 5.74) is 17.4. The number of hydrogen-bond donors (Lipinski definition) is 12. The molecule has 0 aromatic carbocycles. The fourth-order valence-corrected chi connectivity index (χ4v) is 5.09. The first-order valence-electron chi connectivity index (χ1n) is 18.0. The van der Waals surface area contributed by atoms with Crippen LogP contribution in [-0.4, -0.2) is 145 Å². The first-order chi connectivity index (χ1) is 24.7. The molecule has 0 saturated carbocycles. The minimum absolute atomic E-state index is 0.0373. The van der Waals surface area contributed by atoms with Gasteiger partial charge in [-0.2, -0.15) is 0 Å². The lowest BCUT2D eigenvalue weighted by molar-refractivity contribution is -0.153. The van der Waals surface area contributed by atoms with E-state index in [1.165, 1.54) is 0 Å². The number of ketones is 1. The van der Waals surface area contributed by atoms with E-state index in [4.69, 9.17) is 21.9 Å². The average Bonchev–Trinajstić information content (AvgIpc) is 3.12. The van der Waals surface area contributed by atoms with Crippen LogP contribution in [0, 0.1) is 0 Å². The van der Waals surface area contributed by atoms with Crippen LogP contribution < -0.4 is 43.8 Å². The topological polar surface area (TPSA) is 331 Å². The van der Waals surface area contributed by atoms with Crippen LogP contribution in [0.2, 0.25) is 0 Å². The Balaban J connectivity index is 5.48. The summed E-state index contributed by atoms with van der Waals surface area (Å²) in [7, 11) is 2.97. The molecule has 0 fully saturated rings. The van der Waals surface area contributed by atoms with Crippen LogP contribution in [0.4, 0.5) is 0 Å². The maximum Gasteiger partial charge on any atom is 0.328 e. The number of ether oxygens (including phenoxy) is 1. The number of Topliss-reactive ketones (excluding diaryl/α,β-unsaturated/α-hetero) is 1. The van der Waals surface area contributed by atoms with E-state index in [1.54, 1.807) is 0 Å². The van der Waals surface area contributed by atoms with E-state index < -0.39 is 84.0 Å². The highest BCUT2D eigenvalue weighted by molar-refractivity contribution is 5.94. The molecule has 4 unspecified atom stereocenters. The van der Waals surface area contributed by atoms with Crippen molar-refractivity contribution in [2.24, 2.45) is 17.2 Å². The SMILES string of the molecule is CNCCCC[C@H](N)C(=O)N[C@@H](CCCCN)C(=O)N[C@@H](CCCCN)C(=O)N[C@@H](CCCCNC(=O)C(O)C(O)C(O)C(O)C(C)=O)C(=O)OC. The van der Waals surface area contributed by atoms with Gasteiger partial charge in [0.1, 0.15) is 36.4 Å². The van der Waals surface area contributed by atoms with Crippen molar-refractivity contribution in [1.29, 1.82) is 0 Å².